The summed E-state index contributed by atoms with van der Waals surface area (Å²) >= 11 is 0. The molecule has 27 heavy (non-hydrogen) atoms. The average molecular weight is 362 g/mol. The molecule has 0 saturated heterocycles. The second-order valence-corrected chi connectivity index (χ2v) is 6.30. The molecule has 0 spiro atoms. The summed E-state index contributed by atoms with van der Waals surface area (Å²) < 4.78 is 0. The Hall–Kier alpha value is -3.61. The van der Waals surface area contributed by atoms with Gasteiger partial charge in [-0.2, -0.15) is 0 Å². The van der Waals surface area contributed by atoms with Crippen molar-refractivity contribution in [1.82, 2.24) is 15.4 Å². The Kier molecular flexibility index (Phi) is 5.21. The molecular formula is C20H22N6O. The van der Waals surface area contributed by atoms with Gasteiger partial charge in [0.25, 0.3) is 5.91 Å². The maximum atomic E-state index is 12.3. The van der Waals surface area contributed by atoms with Crippen LogP contribution in [0.4, 0.5) is 23.0 Å². The van der Waals surface area contributed by atoms with Gasteiger partial charge in [-0.05, 0) is 55.7 Å². The number of anilines is 4. The fourth-order valence-electron chi connectivity index (χ4n) is 2.56. The van der Waals surface area contributed by atoms with Gasteiger partial charge in [-0.1, -0.05) is 24.3 Å². The van der Waals surface area contributed by atoms with Gasteiger partial charge in [0, 0.05) is 11.3 Å². The fraction of sp³-hybridized carbons (Fsp3) is 0.150. The number of nitrogen functional groups attached to an aromatic ring is 1. The number of hydrazine groups is 1. The highest BCUT2D eigenvalue weighted by atomic mass is 16.2. The van der Waals surface area contributed by atoms with E-state index in [4.69, 9.17) is 5.73 Å². The number of hydrogen-bond donors (Lipinski definition) is 4. The number of hydrogen-bond acceptors (Lipinski definition) is 6. The van der Waals surface area contributed by atoms with Crippen molar-refractivity contribution < 1.29 is 4.79 Å². The summed E-state index contributed by atoms with van der Waals surface area (Å²) in [4.78, 5) is 20.6. The Balaban J connectivity index is 1.74. The molecule has 1 heterocycles. The molecule has 0 unspecified atom stereocenters. The van der Waals surface area contributed by atoms with Crippen LogP contribution in [0.25, 0.3) is 0 Å². The lowest BCUT2D eigenvalue weighted by Gasteiger charge is -2.14. The molecule has 0 aliphatic rings. The van der Waals surface area contributed by atoms with Gasteiger partial charge in [0.2, 0.25) is 0 Å². The number of aromatic nitrogens is 2. The van der Waals surface area contributed by atoms with Crippen LogP contribution in [0.15, 0.2) is 48.8 Å². The van der Waals surface area contributed by atoms with E-state index in [1.165, 1.54) is 11.9 Å². The van der Waals surface area contributed by atoms with E-state index in [1.807, 2.05) is 50.2 Å². The first kappa shape index (κ1) is 18.2. The first-order valence-electron chi connectivity index (χ1n) is 8.52. The third kappa shape index (κ3) is 4.14. The number of nitrogens with zero attached hydrogens (tertiary/aromatic N) is 2. The summed E-state index contributed by atoms with van der Waals surface area (Å²) in [6.45, 7) is 5.97. The van der Waals surface area contributed by atoms with E-state index in [2.05, 4.69) is 33.1 Å². The number of benzene rings is 2. The van der Waals surface area contributed by atoms with Crippen molar-refractivity contribution in [3.8, 4) is 0 Å². The molecular weight excluding hydrogens is 340 g/mol. The quantitative estimate of drug-likeness (QED) is 0.518. The lowest BCUT2D eigenvalue weighted by Crippen LogP contribution is -2.30. The second-order valence-electron chi connectivity index (χ2n) is 6.30. The second kappa shape index (κ2) is 7.74. The molecule has 0 atom stereocenters. The topological polar surface area (TPSA) is 105 Å². The number of rotatable bonds is 5. The van der Waals surface area contributed by atoms with Crippen LogP contribution in [-0.4, -0.2) is 15.9 Å². The minimum atomic E-state index is -0.269. The average Bonchev–Trinajstić information content (AvgIpc) is 2.65. The van der Waals surface area contributed by atoms with Crippen molar-refractivity contribution in [2.45, 2.75) is 20.8 Å². The summed E-state index contributed by atoms with van der Waals surface area (Å²) in [5, 5.41) is 3.18. The van der Waals surface area contributed by atoms with Gasteiger partial charge in [-0.25, -0.2) is 9.97 Å². The van der Waals surface area contributed by atoms with Gasteiger partial charge in [0.15, 0.2) is 11.6 Å². The third-order valence-corrected chi connectivity index (χ3v) is 4.34. The number of nitrogens with one attached hydrogen (secondary N) is 3. The van der Waals surface area contributed by atoms with Crippen molar-refractivity contribution in [3.63, 3.8) is 0 Å². The number of carbonyl (C=O) groups is 1. The van der Waals surface area contributed by atoms with E-state index in [9.17, 15) is 4.79 Å². The predicted molar refractivity (Wildman–Crippen MR) is 108 cm³/mol. The number of nitrogens with two attached hydrogens (primary N) is 1. The van der Waals surface area contributed by atoms with Crippen LogP contribution in [0.1, 0.15) is 27.0 Å². The third-order valence-electron chi connectivity index (χ3n) is 4.34. The zero-order valence-electron chi connectivity index (χ0n) is 15.5. The predicted octanol–water partition coefficient (Wildman–Crippen LogP) is 3.48. The maximum Gasteiger partial charge on any atom is 0.269 e. The monoisotopic (exact) mass is 362 g/mol. The molecule has 7 heteroatoms. The summed E-state index contributed by atoms with van der Waals surface area (Å²) in [5.41, 5.74) is 16.5. The highest BCUT2D eigenvalue weighted by Gasteiger charge is 2.12. The number of carbonyl (C=O) groups excluding carboxylic acids is 1. The van der Waals surface area contributed by atoms with E-state index in [1.54, 1.807) is 6.07 Å². The van der Waals surface area contributed by atoms with Gasteiger partial charge in [0.1, 0.15) is 12.0 Å². The molecule has 3 aromatic rings. The molecule has 0 aliphatic heterocycles. The van der Waals surface area contributed by atoms with Gasteiger partial charge in [-0.3, -0.25) is 15.6 Å². The van der Waals surface area contributed by atoms with E-state index >= 15 is 0 Å². The molecule has 0 saturated carbocycles. The van der Waals surface area contributed by atoms with E-state index in [-0.39, 0.29) is 5.91 Å². The first-order chi connectivity index (χ1) is 13.0. The van der Waals surface area contributed by atoms with Crippen LogP contribution in [-0.2, 0) is 0 Å². The van der Waals surface area contributed by atoms with Crippen LogP contribution in [0.3, 0.4) is 0 Å². The lowest BCUT2D eigenvalue weighted by molar-refractivity contribution is 0.0962. The lowest BCUT2D eigenvalue weighted by atomic mass is 10.1. The van der Waals surface area contributed by atoms with Gasteiger partial charge in [0.05, 0.1) is 0 Å². The van der Waals surface area contributed by atoms with Crippen LogP contribution in [0.2, 0.25) is 0 Å². The van der Waals surface area contributed by atoms with Crippen molar-refractivity contribution in [3.05, 3.63) is 71.0 Å². The Morgan fingerprint density at radius 1 is 0.926 bits per heavy atom. The van der Waals surface area contributed by atoms with E-state index < -0.39 is 0 Å². The Morgan fingerprint density at radius 3 is 2.41 bits per heavy atom. The number of amides is 1. The first-order valence-corrected chi connectivity index (χ1v) is 8.52. The van der Waals surface area contributed by atoms with Crippen LogP contribution < -0.4 is 21.9 Å². The van der Waals surface area contributed by atoms with Gasteiger partial charge < -0.3 is 11.1 Å². The highest BCUT2D eigenvalue weighted by Crippen LogP contribution is 2.26. The highest BCUT2D eigenvalue weighted by molar-refractivity contribution is 5.96. The Labute approximate surface area is 158 Å². The van der Waals surface area contributed by atoms with Gasteiger partial charge >= 0.3 is 0 Å². The normalized spacial score (nSPS) is 10.3. The van der Waals surface area contributed by atoms with Crippen molar-refractivity contribution >= 4 is 28.9 Å². The molecule has 0 radical (unpaired) electrons. The molecule has 7 nitrogen and oxygen atoms in total. The van der Waals surface area contributed by atoms with Crippen molar-refractivity contribution in [2.24, 2.45) is 0 Å². The molecule has 1 aromatic heterocycles. The zero-order valence-corrected chi connectivity index (χ0v) is 15.5. The van der Waals surface area contributed by atoms with Crippen LogP contribution in [0, 0.1) is 20.8 Å². The molecule has 138 valence electrons. The Bertz CT molecular complexity index is 986. The van der Waals surface area contributed by atoms with Crippen molar-refractivity contribution in [2.75, 3.05) is 16.5 Å². The largest absolute Gasteiger partial charge is 0.393 e. The van der Waals surface area contributed by atoms with Crippen LogP contribution in [0.5, 0.6) is 0 Å². The van der Waals surface area contributed by atoms with Crippen molar-refractivity contribution in [1.29, 1.82) is 0 Å². The smallest absolute Gasteiger partial charge is 0.269 e. The molecule has 2 aromatic carbocycles. The minimum absolute atomic E-state index is 0.269. The summed E-state index contributed by atoms with van der Waals surface area (Å²) in [5.74, 6) is 0.508. The molecule has 3 rings (SSSR count). The fourth-order valence-corrected chi connectivity index (χ4v) is 2.56. The molecule has 1 amide bonds. The molecule has 0 aliphatic carbocycles. The molecule has 5 N–H and O–H groups in total. The van der Waals surface area contributed by atoms with Gasteiger partial charge in [-0.15, -0.1) is 0 Å². The summed E-state index contributed by atoms with van der Waals surface area (Å²) in [6.07, 6.45) is 1.38. The van der Waals surface area contributed by atoms with E-state index in [0.717, 1.165) is 16.8 Å². The SMILES string of the molecule is Cc1ccc(Nc2ncnc(NNC(=O)c3ccccc3C)c2N)cc1C. The van der Waals surface area contributed by atoms with Crippen LogP contribution >= 0.6 is 0 Å². The molecule has 0 fully saturated rings. The summed E-state index contributed by atoms with van der Waals surface area (Å²) in [6, 6.07) is 13.3. The maximum absolute atomic E-state index is 12.3. The Morgan fingerprint density at radius 2 is 1.67 bits per heavy atom. The summed E-state index contributed by atoms with van der Waals surface area (Å²) in [7, 11) is 0. The number of aryl methyl sites for hydroxylation is 3. The zero-order chi connectivity index (χ0) is 19.4. The minimum Gasteiger partial charge on any atom is -0.393 e. The standard InChI is InChI=1S/C20H22N6O/c1-12-8-9-15(10-14(12)3)24-18-17(21)19(23-11-22-18)25-26-20(27)16-7-5-4-6-13(16)2/h4-11H,21H2,1-3H3,(H,26,27)(H2,22,23,24,25). The van der Waals surface area contributed by atoms with E-state index in [0.29, 0.717) is 22.9 Å². The molecule has 0 bridgehead atoms.